The number of hydrogen-bond acceptors (Lipinski definition) is 5. The highest BCUT2D eigenvalue weighted by Gasteiger charge is 2.30. The maximum atomic E-state index is 12.8. The molecule has 1 amide bonds. The number of carbonyl (C=O) groups is 1. The Balaban J connectivity index is 0.00000160. The lowest BCUT2D eigenvalue weighted by Gasteiger charge is -2.32. The second-order valence-electron chi connectivity index (χ2n) is 8.07. The Labute approximate surface area is 189 Å². The van der Waals surface area contributed by atoms with Gasteiger partial charge in [0.25, 0.3) is 5.56 Å². The average molecular weight is 459 g/mol. The van der Waals surface area contributed by atoms with Gasteiger partial charge in [-0.05, 0) is 37.8 Å². The van der Waals surface area contributed by atoms with Gasteiger partial charge in [0, 0.05) is 64.5 Å². The molecule has 2 fully saturated rings. The van der Waals surface area contributed by atoms with Crippen LogP contribution in [0.15, 0.2) is 4.79 Å². The third-order valence-electron chi connectivity index (χ3n) is 6.35. The summed E-state index contributed by atoms with van der Waals surface area (Å²) in [5.41, 5.74) is 3.42. The number of amides is 1. The summed E-state index contributed by atoms with van der Waals surface area (Å²) < 4.78 is 1.66. The summed E-state index contributed by atoms with van der Waals surface area (Å²) in [6.07, 6.45) is 2.16. The number of pyridine rings is 1. The minimum atomic E-state index is -0.117. The van der Waals surface area contributed by atoms with Crippen molar-refractivity contribution in [1.29, 1.82) is 0 Å². The molecule has 0 aromatic carbocycles. The highest BCUT2D eigenvalue weighted by Crippen LogP contribution is 2.22. The second kappa shape index (κ2) is 10.1. The molecule has 30 heavy (non-hydrogen) atoms. The fourth-order valence-corrected chi connectivity index (χ4v) is 4.72. The lowest BCUT2D eigenvalue weighted by Crippen LogP contribution is -2.49. The molecule has 2 aromatic rings. The van der Waals surface area contributed by atoms with Crippen LogP contribution >= 0.6 is 24.8 Å². The number of likely N-dealkylation sites (tertiary alicyclic amines) is 1. The van der Waals surface area contributed by atoms with E-state index in [-0.39, 0.29) is 36.3 Å². The van der Waals surface area contributed by atoms with Gasteiger partial charge < -0.3 is 10.2 Å². The van der Waals surface area contributed by atoms with Crippen LogP contribution in [-0.4, -0.2) is 75.8 Å². The van der Waals surface area contributed by atoms with Crippen molar-refractivity contribution in [2.75, 3.05) is 39.3 Å². The molecule has 0 spiro atoms. The summed E-state index contributed by atoms with van der Waals surface area (Å²) in [7, 11) is 1.79. The molecular formula is C20H32Cl2N6O2. The van der Waals surface area contributed by atoms with Crippen LogP contribution in [0.5, 0.6) is 0 Å². The Hall–Kier alpha value is -1.61. The van der Waals surface area contributed by atoms with Crippen LogP contribution in [0.25, 0.3) is 11.0 Å². The zero-order valence-electron chi connectivity index (χ0n) is 17.9. The van der Waals surface area contributed by atoms with Crippen LogP contribution in [0.3, 0.4) is 0 Å². The van der Waals surface area contributed by atoms with Crippen LogP contribution in [0.4, 0.5) is 0 Å². The van der Waals surface area contributed by atoms with E-state index in [0.717, 1.165) is 62.5 Å². The number of fused-ring (bicyclic) bond motifs is 1. The number of piperazine rings is 1. The minimum Gasteiger partial charge on any atom is -0.341 e. The molecule has 0 radical (unpaired) electrons. The molecule has 168 valence electrons. The van der Waals surface area contributed by atoms with E-state index < -0.39 is 0 Å². The molecule has 8 nitrogen and oxygen atoms in total. The Morgan fingerprint density at radius 3 is 2.57 bits per heavy atom. The van der Waals surface area contributed by atoms with E-state index in [1.807, 2.05) is 18.7 Å². The standard InChI is InChI=1S/C20H30N6O2.2ClH/c1-13-16(14(2)22-19-18(13)20(28)23-24(19)3)4-5-17(27)26-9-6-15(12-26)25-10-7-21-8-11-25;;/h15,21H,4-12H2,1-3H3,(H,23,28);2*1H. The van der Waals surface area contributed by atoms with Crippen molar-refractivity contribution in [3.63, 3.8) is 0 Å². The third-order valence-corrected chi connectivity index (χ3v) is 6.35. The van der Waals surface area contributed by atoms with Gasteiger partial charge in [-0.25, -0.2) is 4.98 Å². The number of halogens is 2. The number of hydrogen-bond donors (Lipinski definition) is 2. The highest BCUT2D eigenvalue weighted by atomic mass is 35.5. The second-order valence-corrected chi connectivity index (χ2v) is 8.07. The Kier molecular flexibility index (Phi) is 8.33. The molecule has 2 aliphatic rings. The van der Waals surface area contributed by atoms with Crippen LogP contribution in [-0.2, 0) is 18.3 Å². The van der Waals surface area contributed by atoms with Gasteiger partial charge in [0.2, 0.25) is 5.91 Å². The SMILES string of the molecule is Cc1nc2c(c(C)c1CCC(=O)N1CCC(N3CCNCC3)C1)c(=O)[nH]n2C.Cl.Cl. The Morgan fingerprint density at radius 2 is 1.87 bits per heavy atom. The van der Waals surface area contributed by atoms with Crippen molar-refractivity contribution < 1.29 is 4.79 Å². The number of rotatable bonds is 4. The predicted octanol–water partition coefficient (Wildman–Crippen LogP) is 1.16. The molecule has 1 unspecified atom stereocenters. The van der Waals surface area contributed by atoms with Crippen molar-refractivity contribution >= 4 is 41.8 Å². The smallest absolute Gasteiger partial charge is 0.273 e. The molecule has 0 aliphatic carbocycles. The Bertz CT molecular complexity index is 951. The van der Waals surface area contributed by atoms with E-state index in [1.54, 1.807) is 11.7 Å². The first-order chi connectivity index (χ1) is 13.5. The highest BCUT2D eigenvalue weighted by molar-refractivity contribution is 5.85. The van der Waals surface area contributed by atoms with E-state index in [2.05, 4.69) is 20.3 Å². The van der Waals surface area contributed by atoms with E-state index in [4.69, 9.17) is 0 Å². The van der Waals surface area contributed by atoms with Gasteiger partial charge in [-0.15, -0.1) is 24.8 Å². The maximum absolute atomic E-state index is 12.8. The molecule has 0 saturated carbocycles. The summed E-state index contributed by atoms with van der Waals surface area (Å²) in [6, 6.07) is 0.496. The predicted molar refractivity (Wildman–Crippen MR) is 123 cm³/mol. The Morgan fingerprint density at radius 1 is 1.17 bits per heavy atom. The van der Waals surface area contributed by atoms with E-state index in [1.165, 1.54) is 0 Å². The van der Waals surface area contributed by atoms with Gasteiger partial charge in [0.05, 0.1) is 5.39 Å². The topological polar surface area (TPSA) is 86.3 Å². The van der Waals surface area contributed by atoms with Crippen molar-refractivity contribution in [3.05, 3.63) is 27.2 Å². The molecule has 2 aromatic heterocycles. The van der Waals surface area contributed by atoms with Gasteiger partial charge in [0.1, 0.15) is 0 Å². The summed E-state index contributed by atoms with van der Waals surface area (Å²) in [4.78, 5) is 34.1. The largest absolute Gasteiger partial charge is 0.341 e. The molecule has 10 heteroatoms. The van der Waals surface area contributed by atoms with E-state index >= 15 is 0 Å². The molecule has 0 bridgehead atoms. The van der Waals surface area contributed by atoms with Crippen LogP contribution < -0.4 is 10.9 Å². The van der Waals surface area contributed by atoms with Gasteiger partial charge in [0.15, 0.2) is 5.65 Å². The van der Waals surface area contributed by atoms with Crippen LogP contribution in [0.1, 0.15) is 29.7 Å². The summed E-state index contributed by atoms with van der Waals surface area (Å²) in [6.45, 7) is 9.83. The first-order valence-electron chi connectivity index (χ1n) is 10.2. The molecule has 2 N–H and O–H groups in total. The number of carbonyl (C=O) groups excluding carboxylic acids is 1. The van der Waals surface area contributed by atoms with Crippen molar-refractivity contribution in [1.82, 2.24) is 29.9 Å². The molecular weight excluding hydrogens is 427 g/mol. The van der Waals surface area contributed by atoms with Gasteiger partial charge in [-0.2, -0.15) is 0 Å². The van der Waals surface area contributed by atoms with Crippen molar-refractivity contribution in [3.8, 4) is 0 Å². The number of nitrogens with zero attached hydrogens (tertiary/aromatic N) is 4. The summed E-state index contributed by atoms with van der Waals surface area (Å²) in [5.74, 6) is 0.207. The number of H-pyrrole nitrogens is 1. The lowest BCUT2D eigenvalue weighted by atomic mass is 10.00. The molecule has 2 aliphatic heterocycles. The lowest BCUT2D eigenvalue weighted by molar-refractivity contribution is -0.130. The third kappa shape index (κ3) is 4.66. The van der Waals surface area contributed by atoms with E-state index in [0.29, 0.717) is 29.9 Å². The first kappa shape index (κ1) is 24.7. The van der Waals surface area contributed by atoms with Gasteiger partial charge >= 0.3 is 0 Å². The summed E-state index contributed by atoms with van der Waals surface area (Å²) >= 11 is 0. The quantitative estimate of drug-likeness (QED) is 0.717. The monoisotopic (exact) mass is 458 g/mol. The van der Waals surface area contributed by atoms with E-state index in [9.17, 15) is 9.59 Å². The van der Waals surface area contributed by atoms with Crippen LogP contribution in [0.2, 0.25) is 0 Å². The van der Waals surface area contributed by atoms with Gasteiger partial charge in [-0.3, -0.25) is 24.3 Å². The molecule has 2 saturated heterocycles. The average Bonchev–Trinajstić information content (AvgIpc) is 3.27. The number of aromatic nitrogens is 3. The van der Waals surface area contributed by atoms with Gasteiger partial charge in [-0.1, -0.05) is 0 Å². The summed E-state index contributed by atoms with van der Waals surface area (Å²) in [5, 5.41) is 6.79. The van der Waals surface area contributed by atoms with Crippen molar-refractivity contribution in [2.24, 2.45) is 7.05 Å². The van der Waals surface area contributed by atoms with Crippen molar-refractivity contribution in [2.45, 2.75) is 39.2 Å². The number of nitrogens with one attached hydrogen (secondary N) is 2. The molecule has 1 atom stereocenters. The zero-order valence-corrected chi connectivity index (χ0v) is 19.5. The first-order valence-corrected chi connectivity index (χ1v) is 10.2. The zero-order chi connectivity index (χ0) is 19.8. The molecule has 4 heterocycles. The number of aromatic amines is 1. The van der Waals surface area contributed by atoms with Crippen LogP contribution in [0, 0.1) is 13.8 Å². The number of aryl methyl sites for hydroxylation is 3. The maximum Gasteiger partial charge on any atom is 0.273 e. The minimum absolute atomic E-state index is 0. The molecule has 4 rings (SSSR count). The normalized spacial score (nSPS) is 19.6. The fourth-order valence-electron chi connectivity index (χ4n) is 4.72. The fraction of sp³-hybridized carbons (Fsp3) is 0.650.